The van der Waals surface area contributed by atoms with Crippen molar-refractivity contribution in [3.8, 4) is 0 Å². The van der Waals surface area contributed by atoms with Crippen LogP contribution in [0.15, 0.2) is 12.3 Å². The van der Waals surface area contributed by atoms with Crippen molar-refractivity contribution in [3.05, 3.63) is 12.3 Å². The molecule has 0 aliphatic heterocycles. The lowest BCUT2D eigenvalue weighted by Gasteiger charge is -2.14. The molecule has 0 spiro atoms. The highest BCUT2D eigenvalue weighted by Gasteiger charge is 2.00. The van der Waals surface area contributed by atoms with Gasteiger partial charge in [0.25, 0.3) is 0 Å². The Kier molecular flexibility index (Phi) is 7.86. The molecule has 1 heteroatoms. The lowest BCUT2D eigenvalue weighted by atomic mass is 10.1. The van der Waals surface area contributed by atoms with Crippen molar-refractivity contribution in [1.82, 2.24) is 5.32 Å². The molecule has 0 radical (unpaired) electrons. The Balaban J connectivity index is 3.34. The van der Waals surface area contributed by atoms with Gasteiger partial charge in [0, 0.05) is 12.2 Å². The maximum atomic E-state index is 4.01. The van der Waals surface area contributed by atoms with Crippen LogP contribution in [-0.4, -0.2) is 6.54 Å². The van der Waals surface area contributed by atoms with E-state index in [9.17, 15) is 0 Å². The molecule has 0 saturated carbocycles. The Morgan fingerprint density at radius 2 is 2.00 bits per heavy atom. The largest absolute Gasteiger partial charge is 0.389 e. The number of unbranched alkanes of at least 4 members (excludes halogenated alkanes) is 1. The third kappa shape index (κ3) is 7.89. The summed E-state index contributed by atoms with van der Waals surface area (Å²) in [5.74, 6) is 0.781. The first-order chi connectivity index (χ1) is 6.20. The molecule has 0 aromatic rings. The summed E-state index contributed by atoms with van der Waals surface area (Å²) in [6.45, 7) is 11.9. The molecule has 0 aromatic carbocycles. The van der Waals surface area contributed by atoms with Crippen LogP contribution in [0.2, 0.25) is 0 Å². The Bertz CT molecular complexity index is 129. The monoisotopic (exact) mass is 183 g/mol. The molecule has 1 unspecified atom stereocenters. The maximum Gasteiger partial charge on any atom is 0.0169 e. The van der Waals surface area contributed by atoms with Gasteiger partial charge >= 0.3 is 0 Å². The fourth-order valence-corrected chi connectivity index (χ4v) is 1.39. The van der Waals surface area contributed by atoms with Gasteiger partial charge in [-0.3, -0.25) is 0 Å². The van der Waals surface area contributed by atoms with Gasteiger partial charge in [-0.05, 0) is 25.2 Å². The second-order valence-electron chi connectivity index (χ2n) is 3.98. The van der Waals surface area contributed by atoms with Crippen LogP contribution < -0.4 is 5.32 Å². The minimum Gasteiger partial charge on any atom is -0.389 e. The maximum absolute atomic E-state index is 4.01. The molecule has 0 saturated heterocycles. The lowest BCUT2D eigenvalue weighted by molar-refractivity contribution is 0.494. The fraction of sp³-hybridized carbons (Fsp3) is 0.833. The number of nitrogens with one attached hydrogen (secondary N) is 1. The third-order valence-electron chi connectivity index (χ3n) is 2.31. The van der Waals surface area contributed by atoms with Gasteiger partial charge in [0.2, 0.25) is 0 Å². The third-order valence-corrected chi connectivity index (χ3v) is 2.31. The molecule has 78 valence electrons. The molecule has 1 N–H and O–H groups in total. The minimum atomic E-state index is 0.781. The summed E-state index contributed by atoms with van der Waals surface area (Å²) in [4.78, 5) is 0. The van der Waals surface area contributed by atoms with Gasteiger partial charge in [0.15, 0.2) is 0 Å². The van der Waals surface area contributed by atoms with Gasteiger partial charge in [-0.25, -0.2) is 0 Å². The zero-order valence-electron chi connectivity index (χ0n) is 9.53. The van der Waals surface area contributed by atoms with Crippen LogP contribution in [0.5, 0.6) is 0 Å². The Labute approximate surface area is 83.6 Å². The molecule has 0 heterocycles. The predicted molar refractivity (Wildman–Crippen MR) is 60.7 cm³/mol. The Morgan fingerprint density at radius 3 is 2.54 bits per heavy atom. The molecule has 0 aliphatic carbocycles. The van der Waals surface area contributed by atoms with Gasteiger partial charge < -0.3 is 5.32 Å². The molecule has 0 rings (SSSR count). The van der Waals surface area contributed by atoms with Crippen LogP contribution in [-0.2, 0) is 0 Å². The lowest BCUT2D eigenvalue weighted by Crippen LogP contribution is -2.20. The quantitative estimate of drug-likeness (QED) is 0.605. The average Bonchev–Trinajstić information content (AvgIpc) is 2.12. The van der Waals surface area contributed by atoms with Gasteiger partial charge in [0.1, 0.15) is 0 Å². The van der Waals surface area contributed by atoms with E-state index in [-0.39, 0.29) is 0 Å². The molecule has 1 atom stereocenters. The van der Waals surface area contributed by atoms with Crippen molar-refractivity contribution in [2.75, 3.05) is 6.54 Å². The van der Waals surface area contributed by atoms with E-state index in [1.165, 1.54) is 31.4 Å². The van der Waals surface area contributed by atoms with Crippen molar-refractivity contribution < 1.29 is 0 Å². The molecule has 0 fully saturated rings. The van der Waals surface area contributed by atoms with Crippen molar-refractivity contribution >= 4 is 0 Å². The number of hydrogen-bond donors (Lipinski definition) is 1. The number of rotatable bonds is 8. The zero-order chi connectivity index (χ0) is 10.1. The molecule has 0 bridgehead atoms. The van der Waals surface area contributed by atoms with E-state index >= 15 is 0 Å². The molecule has 1 nitrogen and oxygen atoms in total. The Morgan fingerprint density at radius 1 is 1.31 bits per heavy atom. The highest BCUT2D eigenvalue weighted by molar-refractivity contribution is 4.90. The second-order valence-corrected chi connectivity index (χ2v) is 3.98. The summed E-state index contributed by atoms with van der Waals surface area (Å²) in [7, 11) is 0. The smallest absolute Gasteiger partial charge is 0.0169 e. The van der Waals surface area contributed by atoms with E-state index in [2.05, 4.69) is 32.7 Å². The number of allylic oxidation sites excluding steroid dienone is 1. The van der Waals surface area contributed by atoms with Crippen LogP contribution in [0.25, 0.3) is 0 Å². The van der Waals surface area contributed by atoms with E-state index < -0.39 is 0 Å². The van der Waals surface area contributed by atoms with Gasteiger partial charge in [-0.1, -0.05) is 40.2 Å². The molecule has 0 aliphatic rings. The van der Waals surface area contributed by atoms with Crippen molar-refractivity contribution in [2.45, 2.75) is 52.9 Å². The van der Waals surface area contributed by atoms with Crippen LogP contribution in [0, 0.1) is 5.92 Å². The summed E-state index contributed by atoms with van der Waals surface area (Å²) in [6, 6.07) is 0. The zero-order valence-corrected chi connectivity index (χ0v) is 9.53. The van der Waals surface area contributed by atoms with Crippen LogP contribution in [0.3, 0.4) is 0 Å². The summed E-state index contributed by atoms with van der Waals surface area (Å²) in [6.07, 6.45) is 6.24. The molecular formula is C12H25N. The van der Waals surface area contributed by atoms with E-state index in [1.54, 1.807) is 0 Å². The van der Waals surface area contributed by atoms with Crippen molar-refractivity contribution in [3.63, 3.8) is 0 Å². The summed E-state index contributed by atoms with van der Waals surface area (Å²) in [5, 5.41) is 3.41. The van der Waals surface area contributed by atoms with Crippen LogP contribution >= 0.6 is 0 Å². The SMILES string of the molecule is C=C(CCCC)NCC(C)CCC. The van der Waals surface area contributed by atoms with Crippen LogP contribution in [0.4, 0.5) is 0 Å². The van der Waals surface area contributed by atoms with Gasteiger partial charge in [-0.2, -0.15) is 0 Å². The van der Waals surface area contributed by atoms with Gasteiger partial charge in [0.05, 0.1) is 0 Å². The average molecular weight is 183 g/mol. The standard InChI is InChI=1S/C12H25N/c1-5-7-9-12(4)13-10-11(3)8-6-2/h11,13H,4-10H2,1-3H3. The molecule has 13 heavy (non-hydrogen) atoms. The summed E-state index contributed by atoms with van der Waals surface area (Å²) in [5.41, 5.74) is 1.21. The van der Waals surface area contributed by atoms with Gasteiger partial charge in [-0.15, -0.1) is 0 Å². The van der Waals surface area contributed by atoms with Crippen molar-refractivity contribution in [2.24, 2.45) is 5.92 Å². The predicted octanol–water partition coefficient (Wildman–Crippen LogP) is 3.72. The number of hydrogen-bond acceptors (Lipinski definition) is 1. The topological polar surface area (TPSA) is 12.0 Å². The van der Waals surface area contributed by atoms with E-state index in [1.807, 2.05) is 0 Å². The summed E-state index contributed by atoms with van der Waals surface area (Å²) < 4.78 is 0. The molecule has 0 amide bonds. The summed E-state index contributed by atoms with van der Waals surface area (Å²) >= 11 is 0. The first kappa shape index (κ1) is 12.5. The first-order valence-electron chi connectivity index (χ1n) is 5.62. The molecular weight excluding hydrogens is 158 g/mol. The second kappa shape index (κ2) is 8.15. The highest BCUT2D eigenvalue weighted by atomic mass is 14.9. The minimum absolute atomic E-state index is 0.781. The molecule has 0 aromatic heterocycles. The van der Waals surface area contributed by atoms with Crippen LogP contribution in [0.1, 0.15) is 52.9 Å². The van der Waals surface area contributed by atoms with E-state index in [0.29, 0.717) is 0 Å². The van der Waals surface area contributed by atoms with E-state index in [0.717, 1.165) is 18.9 Å². The fourth-order valence-electron chi connectivity index (χ4n) is 1.39. The first-order valence-corrected chi connectivity index (χ1v) is 5.62. The Hall–Kier alpha value is -0.460. The van der Waals surface area contributed by atoms with E-state index in [4.69, 9.17) is 0 Å². The highest BCUT2D eigenvalue weighted by Crippen LogP contribution is 2.06. The normalized spacial score (nSPS) is 12.5. The van der Waals surface area contributed by atoms with Crippen molar-refractivity contribution in [1.29, 1.82) is 0 Å².